The number of rotatable bonds is 0. The molecule has 1 fully saturated rings. The molecule has 56 valence electrons. The zero-order valence-corrected chi connectivity index (χ0v) is 6.64. The molecule has 0 radical (unpaired) electrons. The highest BCUT2D eigenvalue weighted by Crippen LogP contribution is 2.24. The van der Waals surface area contributed by atoms with E-state index in [1.165, 1.54) is 24.5 Å². The summed E-state index contributed by atoms with van der Waals surface area (Å²) in [7, 11) is 0. The summed E-state index contributed by atoms with van der Waals surface area (Å²) >= 11 is 0. The molecule has 0 bridgehead atoms. The van der Waals surface area contributed by atoms with E-state index in [1.807, 2.05) is 0 Å². The Morgan fingerprint density at radius 1 is 1.00 bits per heavy atom. The number of hydrogen-bond donors (Lipinski definition) is 0. The van der Waals surface area contributed by atoms with Crippen molar-refractivity contribution in [2.75, 3.05) is 0 Å². The minimum atomic E-state index is 1.11. The molecule has 11 heavy (non-hydrogen) atoms. The van der Waals surface area contributed by atoms with Gasteiger partial charge in [-0.15, -0.1) is 0 Å². The molecule has 0 aromatic heterocycles. The van der Waals surface area contributed by atoms with Crippen LogP contribution in [-0.2, 0) is 0 Å². The molecule has 1 aliphatic rings. The predicted octanol–water partition coefficient (Wildman–Crippen LogP) is 1.43. The summed E-state index contributed by atoms with van der Waals surface area (Å²) < 4.78 is 0. The summed E-state index contributed by atoms with van der Waals surface area (Å²) in [4.78, 5) is 0. The van der Waals surface area contributed by atoms with E-state index in [0.29, 0.717) is 0 Å². The van der Waals surface area contributed by atoms with Gasteiger partial charge in [-0.3, -0.25) is 0 Å². The van der Waals surface area contributed by atoms with E-state index in [0.717, 1.165) is 5.22 Å². The van der Waals surface area contributed by atoms with Crippen molar-refractivity contribution in [1.29, 1.82) is 0 Å². The van der Waals surface area contributed by atoms with Crippen molar-refractivity contribution in [2.45, 2.75) is 19.3 Å². The molecule has 0 saturated heterocycles. The third-order valence-corrected chi connectivity index (χ3v) is 2.32. The molecule has 0 amide bonds. The molecule has 0 N–H and O–H groups in total. The second kappa shape index (κ2) is 2.54. The Labute approximate surface area is 66.9 Å². The number of benzene rings is 1. The Hall–Kier alpha value is -1.04. The van der Waals surface area contributed by atoms with Gasteiger partial charge in [-0.25, -0.2) is 0 Å². The maximum atomic E-state index is 3.86. The monoisotopic (exact) mass is 144 g/mol. The molecule has 0 heterocycles. The fraction of sp³-hybridized carbons (Fsp3) is 0.273. The van der Waals surface area contributed by atoms with Crippen molar-refractivity contribution in [3.05, 3.63) is 34.7 Å². The molecule has 1 aliphatic carbocycles. The summed E-state index contributed by atoms with van der Waals surface area (Å²) in [6.45, 7) is 3.86. The quantitative estimate of drug-likeness (QED) is 0.516. The highest BCUT2D eigenvalue weighted by atomic mass is 14.1. The lowest BCUT2D eigenvalue weighted by atomic mass is 9.90. The van der Waals surface area contributed by atoms with Gasteiger partial charge in [0.25, 0.3) is 0 Å². The average molecular weight is 144 g/mol. The molecule has 2 rings (SSSR count). The van der Waals surface area contributed by atoms with Crippen LogP contribution in [0, 0.1) is 0 Å². The van der Waals surface area contributed by atoms with E-state index < -0.39 is 0 Å². The van der Waals surface area contributed by atoms with Crippen LogP contribution in [0.5, 0.6) is 0 Å². The first-order valence-corrected chi connectivity index (χ1v) is 4.13. The van der Waals surface area contributed by atoms with E-state index in [4.69, 9.17) is 0 Å². The maximum Gasteiger partial charge on any atom is -0.0264 e. The van der Waals surface area contributed by atoms with Crippen LogP contribution in [0.3, 0.4) is 0 Å². The highest BCUT2D eigenvalue weighted by molar-refractivity contribution is 5.49. The first-order valence-electron chi connectivity index (χ1n) is 4.13. The van der Waals surface area contributed by atoms with E-state index in [9.17, 15) is 0 Å². The van der Waals surface area contributed by atoms with Gasteiger partial charge in [0.2, 0.25) is 0 Å². The Kier molecular flexibility index (Phi) is 1.54. The second-order valence-electron chi connectivity index (χ2n) is 3.15. The molecule has 1 saturated carbocycles. The predicted molar refractivity (Wildman–Crippen MR) is 48.5 cm³/mol. The van der Waals surface area contributed by atoms with Crippen molar-refractivity contribution in [1.82, 2.24) is 0 Å². The van der Waals surface area contributed by atoms with E-state index in [1.54, 1.807) is 5.57 Å². The topological polar surface area (TPSA) is 0 Å². The Morgan fingerprint density at radius 3 is 2.09 bits per heavy atom. The maximum absolute atomic E-state index is 3.86. The SMILES string of the molecule is C=c1ccc(=C2CCC2)cc1. The lowest BCUT2D eigenvalue weighted by Crippen LogP contribution is -2.13. The smallest absolute Gasteiger partial charge is 0.0264 e. The largest absolute Gasteiger partial charge is 0.0918 e. The first kappa shape index (κ1) is 6.66. The van der Waals surface area contributed by atoms with Crippen molar-refractivity contribution in [3.8, 4) is 0 Å². The van der Waals surface area contributed by atoms with Gasteiger partial charge in [-0.1, -0.05) is 36.4 Å². The van der Waals surface area contributed by atoms with E-state index >= 15 is 0 Å². The van der Waals surface area contributed by atoms with Gasteiger partial charge in [0, 0.05) is 0 Å². The van der Waals surface area contributed by atoms with Crippen LogP contribution in [0.1, 0.15) is 19.3 Å². The van der Waals surface area contributed by atoms with Gasteiger partial charge in [0.1, 0.15) is 0 Å². The Balaban J connectivity index is 2.55. The zero-order valence-electron chi connectivity index (χ0n) is 6.64. The summed E-state index contributed by atoms with van der Waals surface area (Å²) in [5, 5.41) is 2.53. The lowest BCUT2D eigenvalue weighted by Gasteiger charge is -2.15. The highest BCUT2D eigenvalue weighted by Gasteiger charge is 2.07. The van der Waals surface area contributed by atoms with Gasteiger partial charge < -0.3 is 0 Å². The summed E-state index contributed by atoms with van der Waals surface area (Å²) in [5.74, 6) is 0. The van der Waals surface area contributed by atoms with Crippen molar-refractivity contribution >= 4 is 12.2 Å². The third kappa shape index (κ3) is 1.21. The van der Waals surface area contributed by atoms with Crippen molar-refractivity contribution in [2.24, 2.45) is 0 Å². The van der Waals surface area contributed by atoms with Gasteiger partial charge in [-0.05, 0) is 29.7 Å². The van der Waals surface area contributed by atoms with Crippen molar-refractivity contribution in [3.63, 3.8) is 0 Å². The molecule has 0 aliphatic heterocycles. The van der Waals surface area contributed by atoms with Gasteiger partial charge >= 0.3 is 0 Å². The van der Waals surface area contributed by atoms with Gasteiger partial charge in [-0.2, -0.15) is 0 Å². The first-order chi connectivity index (χ1) is 5.36. The summed E-state index contributed by atoms with van der Waals surface area (Å²) in [5.41, 5.74) is 1.62. The normalized spacial score (nSPS) is 16.2. The fourth-order valence-corrected chi connectivity index (χ4v) is 1.38. The lowest BCUT2D eigenvalue weighted by molar-refractivity contribution is 0.752. The van der Waals surface area contributed by atoms with Crippen LogP contribution in [-0.4, -0.2) is 0 Å². The fourth-order valence-electron chi connectivity index (χ4n) is 1.38. The molecule has 0 atom stereocenters. The second-order valence-corrected chi connectivity index (χ2v) is 3.15. The Morgan fingerprint density at radius 2 is 1.64 bits per heavy atom. The minimum Gasteiger partial charge on any atom is -0.0918 e. The summed E-state index contributed by atoms with van der Waals surface area (Å²) in [6, 6.07) is 8.52. The molecule has 0 nitrogen and oxygen atoms in total. The van der Waals surface area contributed by atoms with Gasteiger partial charge in [0.05, 0.1) is 0 Å². The minimum absolute atomic E-state index is 1.11. The molecule has 0 spiro atoms. The molecule has 0 unspecified atom stereocenters. The van der Waals surface area contributed by atoms with Crippen LogP contribution in [0.2, 0.25) is 0 Å². The van der Waals surface area contributed by atoms with Crippen LogP contribution in [0.15, 0.2) is 24.3 Å². The van der Waals surface area contributed by atoms with E-state index in [2.05, 4.69) is 30.8 Å². The average Bonchev–Trinajstić information content (AvgIpc) is 1.90. The molecular weight excluding hydrogens is 132 g/mol. The number of hydrogen-bond acceptors (Lipinski definition) is 0. The molecule has 1 aromatic carbocycles. The standard InChI is InChI=1S/C11H12/c1-9-5-7-11(8-6-9)10-3-2-4-10/h5-8H,1-4H2. The Bertz CT molecular complexity index is 331. The zero-order chi connectivity index (χ0) is 7.68. The third-order valence-electron chi connectivity index (χ3n) is 2.32. The van der Waals surface area contributed by atoms with Crippen LogP contribution in [0.25, 0.3) is 12.2 Å². The van der Waals surface area contributed by atoms with Crippen LogP contribution < -0.4 is 10.4 Å². The summed E-state index contributed by atoms with van der Waals surface area (Å²) in [6.07, 6.45) is 3.98. The van der Waals surface area contributed by atoms with Crippen LogP contribution >= 0.6 is 0 Å². The van der Waals surface area contributed by atoms with Crippen LogP contribution in [0.4, 0.5) is 0 Å². The molecular formula is C11H12. The molecule has 1 aromatic rings. The van der Waals surface area contributed by atoms with Gasteiger partial charge in [0.15, 0.2) is 0 Å². The molecule has 0 heteroatoms. The van der Waals surface area contributed by atoms with E-state index in [-0.39, 0.29) is 0 Å². The van der Waals surface area contributed by atoms with Crippen molar-refractivity contribution < 1.29 is 0 Å².